The second-order valence-electron chi connectivity index (χ2n) is 4.95. The number of nitrogens with zero attached hydrogens (tertiary/aromatic N) is 1. The summed E-state index contributed by atoms with van der Waals surface area (Å²) in [5.74, 6) is 0.851. The van der Waals surface area contributed by atoms with Gasteiger partial charge in [-0.05, 0) is 39.3 Å². The zero-order chi connectivity index (χ0) is 12.9. The summed E-state index contributed by atoms with van der Waals surface area (Å²) in [5, 5.41) is 3.88. The fraction of sp³-hybridized carbons (Fsp3) is 0.615. The lowest BCUT2D eigenvalue weighted by atomic mass is 10.2. The number of anilines is 1. The second-order valence-corrected chi connectivity index (χ2v) is 5.36. The largest absolute Gasteiger partial charge is 0.370 e. The Morgan fingerprint density at radius 2 is 2.06 bits per heavy atom. The first kappa shape index (κ1) is 14.3. The van der Waals surface area contributed by atoms with Gasteiger partial charge >= 0.3 is 0 Å². The van der Waals surface area contributed by atoms with Gasteiger partial charge in [0.2, 0.25) is 0 Å². The van der Waals surface area contributed by atoms with Crippen LogP contribution in [0.15, 0.2) is 12.1 Å². The lowest BCUT2D eigenvalue weighted by Gasteiger charge is -2.19. The molecule has 96 valence electrons. The fourth-order valence-electron chi connectivity index (χ4n) is 1.22. The van der Waals surface area contributed by atoms with Crippen LogP contribution in [0.4, 0.5) is 5.82 Å². The summed E-state index contributed by atoms with van der Waals surface area (Å²) < 4.78 is 5.68. The van der Waals surface area contributed by atoms with Crippen molar-refractivity contribution in [3.8, 4) is 0 Å². The summed E-state index contributed by atoms with van der Waals surface area (Å²) in [7, 11) is 0. The Morgan fingerprint density at radius 1 is 1.35 bits per heavy atom. The molecule has 4 heteroatoms. The molecule has 0 aliphatic carbocycles. The van der Waals surface area contributed by atoms with Crippen LogP contribution in [0.3, 0.4) is 0 Å². The first-order valence-corrected chi connectivity index (χ1v) is 6.33. The summed E-state index contributed by atoms with van der Waals surface area (Å²) in [6, 6.07) is 3.74. The van der Waals surface area contributed by atoms with Gasteiger partial charge in [-0.2, -0.15) is 0 Å². The third kappa shape index (κ3) is 5.37. The fourth-order valence-corrected chi connectivity index (χ4v) is 1.38. The third-order valence-corrected chi connectivity index (χ3v) is 2.46. The molecule has 1 heterocycles. The van der Waals surface area contributed by atoms with E-state index >= 15 is 0 Å². The van der Waals surface area contributed by atoms with Gasteiger partial charge in [-0.1, -0.05) is 18.5 Å². The van der Waals surface area contributed by atoms with Crippen molar-refractivity contribution in [2.45, 2.75) is 46.3 Å². The minimum absolute atomic E-state index is 0.183. The Balaban J connectivity index is 2.69. The predicted octanol–water partition coefficient (Wildman–Crippen LogP) is 3.87. The molecular weight excluding hydrogens is 236 g/mol. The quantitative estimate of drug-likeness (QED) is 0.868. The molecular formula is C13H21ClN2O. The van der Waals surface area contributed by atoms with E-state index in [0.29, 0.717) is 11.6 Å². The Morgan fingerprint density at radius 3 is 2.65 bits per heavy atom. The SMILES string of the molecule is CCCNc1ccc(Cl)c(COC(C)(C)C)n1. The van der Waals surface area contributed by atoms with Gasteiger partial charge in [0.05, 0.1) is 22.9 Å². The number of hydrogen-bond donors (Lipinski definition) is 1. The van der Waals surface area contributed by atoms with Crippen molar-refractivity contribution in [2.75, 3.05) is 11.9 Å². The van der Waals surface area contributed by atoms with E-state index in [2.05, 4.69) is 17.2 Å². The van der Waals surface area contributed by atoms with Gasteiger partial charge in [-0.3, -0.25) is 0 Å². The second kappa shape index (κ2) is 6.22. The van der Waals surface area contributed by atoms with Crippen molar-refractivity contribution < 1.29 is 4.74 Å². The molecule has 1 aromatic rings. The monoisotopic (exact) mass is 256 g/mol. The molecule has 0 spiro atoms. The smallest absolute Gasteiger partial charge is 0.126 e. The number of rotatable bonds is 5. The highest BCUT2D eigenvalue weighted by Gasteiger charge is 2.12. The predicted molar refractivity (Wildman–Crippen MR) is 72.6 cm³/mol. The molecule has 1 N–H and O–H groups in total. The maximum absolute atomic E-state index is 6.09. The molecule has 0 bridgehead atoms. The summed E-state index contributed by atoms with van der Waals surface area (Å²) >= 11 is 6.09. The molecule has 0 fully saturated rings. The van der Waals surface area contributed by atoms with Crippen LogP contribution in [0.25, 0.3) is 0 Å². The van der Waals surface area contributed by atoms with Gasteiger partial charge in [-0.25, -0.2) is 4.98 Å². The highest BCUT2D eigenvalue weighted by molar-refractivity contribution is 6.31. The van der Waals surface area contributed by atoms with Crippen molar-refractivity contribution in [3.63, 3.8) is 0 Å². The normalized spacial score (nSPS) is 11.6. The molecule has 0 saturated carbocycles. The molecule has 0 amide bonds. The number of hydrogen-bond acceptors (Lipinski definition) is 3. The average Bonchev–Trinajstić information content (AvgIpc) is 2.25. The minimum Gasteiger partial charge on any atom is -0.370 e. The molecule has 1 aromatic heterocycles. The van der Waals surface area contributed by atoms with E-state index in [9.17, 15) is 0 Å². The van der Waals surface area contributed by atoms with Gasteiger partial charge in [0.1, 0.15) is 5.82 Å². The van der Waals surface area contributed by atoms with Crippen LogP contribution in [-0.2, 0) is 11.3 Å². The highest BCUT2D eigenvalue weighted by Crippen LogP contribution is 2.20. The lowest BCUT2D eigenvalue weighted by Crippen LogP contribution is -2.19. The average molecular weight is 257 g/mol. The lowest BCUT2D eigenvalue weighted by molar-refractivity contribution is -0.0163. The summed E-state index contributed by atoms with van der Waals surface area (Å²) in [6.45, 7) is 9.50. The van der Waals surface area contributed by atoms with Crippen LogP contribution in [0, 0.1) is 0 Å². The highest BCUT2D eigenvalue weighted by atomic mass is 35.5. The number of nitrogens with one attached hydrogen (secondary N) is 1. The molecule has 0 atom stereocenters. The van der Waals surface area contributed by atoms with E-state index in [4.69, 9.17) is 16.3 Å². The molecule has 0 saturated heterocycles. The molecule has 17 heavy (non-hydrogen) atoms. The van der Waals surface area contributed by atoms with Crippen molar-refractivity contribution in [1.82, 2.24) is 4.98 Å². The Kier molecular flexibility index (Phi) is 5.22. The first-order valence-electron chi connectivity index (χ1n) is 5.95. The van der Waals surface area contributed by atoms with Crippen LogP contribution < -0.4 is 5.32 Å². The molecule has 0 aliphatic heterocycles. The third-order valence-electron chi connectivity index (χ3n) is 2.12. The zero-order valence-corrected chi connectivity index (χ0v) is 11.8. The molecule has 3 nitrogen and oxygen atoms in total. The summed E-state index contributed by atoms with van der Waals surface area (Å²) in [6.07, 6.45) is 1.07. The van der Waals surface area contributed by atoms with Crippen LogP contribution in [0.1, 0.15) is 39.8 Å². The van der Waals surface area contributed by atoms with Gasteiger partial charge in [-0.15, -0.1) is 0 Å². The van der Waals surface area contributed by atoms with Crippen LogP contribution in [0.5, 0.6) is 0 Å². The molecule has 0 unspecified atom stereocenters. The Bertz CT molecular complexity index is 361. The summed E-state index contributed by atoms with van der Waals surface area (Å²) in [5.41, 5.74) is 0.598. The number of aromatic nitrogens is 1. The van der Waals surface area contributed by atoms with Crippen LogP contribution in [-0.4, -0.2) is 17.1 Å². The maximum Gasteiger partial charge on any atom is 0.126 e. The standard InChI is InChI=1S/C13H21ClN2O/c1-5-8-15-12-7-6-10(14)11(16-12)9-17-13(2,3)4/h6-7H,5,8-9H2,1-4H3,(H,15,16). The zero-order valence-electron chi connectivity index (χ0n) is 11.0. The van der Waals surface area contributed by atoms with E-state index in [0.717, 1.165) is 24.5 Å². The molecule has 0 aliphatic rings. The molecule has 1 rings (SSSR count). The van der Waals surface area contributed by atoms with Crippen LogP contribution >= 0.6 is 11.6 Å². The minimum atomic E-state index is -0.183. The Hall–Kier alpha value is -0.800. The van der Waals surface area contributed by atoms with E-state index in [1.54, 1.807) is 0 Å². The maximum atomic E-state index is 6.09. The van der Waals surface area contributed by atoms with E-state index in [1.165, 1.54) is 0 Å². The first-order chi connectivity index (χ1) is 7.92. The number of ether oxygens (including phenoxy) is 1. The Labute approximate surface area is 109 Å². The summed E-state index contributed by atoms with van der Waals surface area (Å²) in [4.78, 5) is 4.44. The number of pyridine rings is 1. The van der Waals surface area contributed by atoms with Crippen LogP contribution in [0.2, 0.25) is 5.02 Å². The van der Waals surface area contributed by atoms with Crippen molar-refractivity contribution in [1.29, 1.82) is 0 Å². The van der Waals surface area contributed by atoms with Gasteiger partial charge in [0.15, 0.2) is 0 Å². The van der Waals surface area contributed by atoms with Gasteiger partial charge in [0.25, 0.3) is 0 Å². The van der Waals surface area contributed by atoms with Crippen molar-refractivity contribution in [2.24, 2.45) is 0 Å². The molecule has 0 aromatic carbocycles. The molecule has 0 radical (unpaired) electrons. The van der Waals surface area contributed by atoms with Gasteiger partial charge < -0.3 is 10.1 Å². The van der Waals surface area contributed by atoms with E-state index < -0.39 is 0 Å². The van der Waals surface area contributed by atoms with Gasteiger partial charge in [0, 0.05) is 6.54 Å². The van der Waals surface area contributed by atoms with E-state index in [1.807, 2.05) is 32.9 Å². The van der Waals surface area contributed by atoms with E-state index in [-0.39, 0.29) is 5.60 Å². The van der Waals surface area contributed by atoms with Crippen molar-refractivity contribution >= 4 is 17.4 Å². The number of halogens is 1. The van der Waals surface area contributed by atoms with Crippen molar-refractivity contribution in [3.05, 3.63) is 22.8 Å². The topological polar surface area (TPSA) is 34.1 Å².